The fraction of sp³-hybridized carbons (Fsp3) is 0.158. The summed E-state index contributed by atoms with van der Waals surface area (Å²) >= 11 is 0. The largest absolute Gasteiger partial charge is 0.416 e. The number of fused-ring (bicyclic) bond motifs is 1. The third kappa shape index (κ3) is 3.44. The van der Waals surface area contributed by atoms with Gasteiger partial charge in [0.2, 0.25) is 0 Å². The van der Waals surface area contributed by atoms with Gasteiger partial charge in [0.25, 0.3) is 5.91 Å². The molecule has 0 unspecified atom stereocenters. The third-order valence-electron chi connectivity index (χ3n) is 4.27. The quantitative estimate of drug-likeness (QED) is 0.718. The number of anilines is 2. The Morgan fingerprint density at radius 1 is 1.11 bits per heavy atom. The summed E-state index contributed by atoms with van der Waals surface area (Å²) in [6.45, 7) is 0. The van der Waals surface area contributed by atoms with Crippen LogP contribution in [-0.4, -0.2) is 17.5 Å². The van der Waals surface area contributed by atoms with Gasteiger partial charge in [0, 0.05) is 25.0 Å². The van der Waals surface area contributed by atoms with Crippen LogP contribution in [0.4, 0.5) is 24.5 Å². The lowest BCUT2D eigenvalue weighted by atomic mass is 10.1. The lowest BCUT2D eigenvalue weighted by Crippen LogP contribution is -2.16. The molecule has 0 saturated carbocycles. The molecule has 0 bridgehead atoms. The Labute approximate surface area is 153 Å². The number of carbonyl (C=O) groups is 1. The number of hydrogen-bond donors (Lipinski definition) is 2. The van der Waals surface area contributed by atoms with E-state index >= 15 is 0 Å². The van der Waals surface area contributed by atoms with E-state index in [0.29, 0.717) is 27.8 Å². The van der Waals surface area contributed by atoms with Crippen LogP contribution in [0.2, 0.25) is 0 Å². The van der Waals surface area contributed by atoms with Crippen molar-refractivity contribution in [1.29, 1.82) is 5.26 Å². The van der Waals surface area contributed by atoms with Crippen LogP contribution in [0.3, 0.4) is 0 Å². The normalized spacial score (nSPS) is 11.3. The van der Waals surface area contributed by atoms with Crippen molar-refractivity contribution in [3.05, 3.63) is 59.3 Å². The number of hydrogen-bond acceptors (Lipinski definition) is 3. The fourth-order valence-corrected chi connectivity index (χ4v) is 2.87. The van der Waals surface area contributed by atoms with Crippen LogP contribution < -0.4 is 10.6 Å². The molecule has 5 nitrogen and oxygen atoms in total. The Balaban J connectivity index is 1.99. The van der Waals surface area contributed by atoms with Crippen molar-refractivity contribution < 1.29 is 18.0 Å². The molecule has 0 aliphatic carbocycles. The van der Waals surface area contributed by atoms with Crippen molar-refractivity contribution in [2.45, 2.75) is 6.18 Å². The molecule has 0 radical (unpaired) electrons. The first-order valence-electron chi connectivity index (χ1n) is 7.94. The van der Waals surface area contributed by atoms with Gasteiger partial charge in [0.15, 0.2) is 0 Å². The maximum atomic E-state index is 12.9. The first-order chi connectivity index (χ1) is 12.7. The SMILES string of the molecule is CNc1ccc(C#N)cc1NC(=O)c1cc2cc(C(F)(F)F)ccc2n1C. The molecule has 1 aromatic heterocycles. The van der Waals surface area contributed by atoms with Crippen molar-refractivity contribution in [1.82, 2.24) is 4.57 Å². The molecular weight excluding hydrogens is 357 g/mol. The molecule has 2 aromatic carbocycles. The molecule has 138 valence electrons. The zero-order chi connectivity index (χ0) is 19.8. The summed E-state index contributed by atoms with van der Waals surface area (Å²) in [6, 6.07) is 11.5. The molecule has 0 aliphatic heterocycles. The zero-order valence-corrected chi connectivity index (χ0v) is 14.5. The number of halogens is 3. The van der Waals surface area contributed by atoms with E-state index in [-0.39, 0.29) is 5.69 Å². The highest BCUT2D eigenvalue weighted by Gasteiger charge is 2.31. The van der Waals surface area contributed by atoms with Crippen LogP contribution in [0.25, 0.3) is 10.9 Å². The van der Waals surface area contributed by atoms with Crippen LogP contribution in [0.1, 0.15) is 21.6 Å². The molecule has 3 rings (SSSR count). The topological polar surface area (TPSA) is 69.8 Å². The van der Waals surface area contributed by atoms with Crippen molar-refractivity contribution in [3.8, 4) is 6.07 Å². The maximum Gasteiger partial charge on any atom is 0.416 e. The highest BCUT2D eigenvalue weighted by atomic mass is 19.4. The van der Waals surface area contributed by atoms with E-state index in [9.17, 15) is 18.0 Å². The van der Waals surface area contributed by atoms with Gasteiger partial charge in [0.1, 0.15) is 5.69 Å². The summed E-state index contributed by atoms with van der Waals surface area (Å²) in [6.07, 6.45) is -4.45. The maximum absolute atomic E-state index is 12.9. The molecule has 0 saturated heterocycles. The van der Waals surface area contributed by atoms with Gasteiger partial charge in [-0.2, -0.15) is 18.4 Å². The number of nitrogens with zero attached hydrogens (tertiary/aromatic N) is 2. The number of nitrogens with one attached hydrogen (secondary N) is 2. The average molecular weight is 372 g/mol. The van der Waals surface area contributed by atoms with Gasteiger partial charge in [-0.25, -0.2) is 0 Å². The lowest BCUT2D eigenvalue weighted by molar-refractivity contribution is -0.137. The summed E-state index contributed by atoms with van der Waals surface area (Å²) in [5.74, 6) is -0.492. The van der Waals surface area contributed by atoms with Crippen LogP contribution >= 0.6 is 0 Å². The van der Waals surface area contributed by atoms with Crippen LogP contribution in [0, 0.1) is 11.3 Å². The first kappa shape index (κ1) is 18.3. The Hall–Kier alpha value is -3.47. The number of nitriles is 1. The van der Waals surface area contributed by atoms with E-state index in [4.69, 9.17) is 5.26 Å². The summed E-state index contributed by atoms with van der Waals surface area (Å²) < 4.78 is 40.2. The smallest absolute Gasteiger partial charge is 0.386 e. The summed E-state index contributed by atoms with van der Waals surface area (Å²) in [5.41, 5.74) is 1.33. The summed E-state index contributed by atoms with van der Waals surface area (Å²) in [4.78, 5) is 12.7. The van der Waals surface area contributed by atoms with Gasteiger partial charge in [-0.3, -0.25) is 4.79 Å². The van der Waals surface area contributed by atoms with E-state index < -0.39 is 17.6 Å². The van der Waals surface area contributed by atoms with E-state index in [1.165, 1.54) is 22.8 Å². The van der Waals surface area contributed by atoms with Crippen molar-refractivity contribution in [3.63, 3.8) is 0 Å². The standard InChI is InChI=1S/C19H15F3N4O/c1-24-14-5-3-11(10-23)7-15(14)25-18(27)17-9-12-8-13(19(20,21)22)4-6-16(12)26(17)2/h3-9,24H,1-2H3,(H,25,27). The molecule has 8 heteroatoms. The summed E-state index contributed by atoms with van der Waals surface area (Å²) in [5, 5.41) is 15.0. The lowest BCUT2D eigenvalue weighted by Gasteiger charge is -2.11. The van der Waals surface area contributed by atoms with E-state index in [1.54, 1.807) is 26.2 Å². The number of aromatic nitrogens is 1. The van der Waals surface area contributed by atoms with Gasteiger partial charge in [-0.15, -0.1) is 0 Å². The Bertz CT molecular complexity index is 1080. The summed E-state index contributed by atoms with van der Waals surface area (Å²) in [7, 11) is 3.28. The second-order valence-electron chi connectivity index (χ2n) is 5.94. The van der Waals surface area contributed by atoms with Crippen molar-refractivity contribution in [2.24, 2.45) is 7.05 Å². The van der Waals surface area contributed by atoms with Gasteiger partial charge in [-0.1, -0.05) is 0 Å². The second kappa shape index (κ2) is 6.68. The van der Waals surface area contributed by atoms with Crippen LogP contribution in [0.5, 0.6) is 0 Å². The molecule has 0 aliphatic rings. The Morgan fingerprint density at radius 2 is 1.85 bits per heavy atom. The number of amides is 1. The number of benzene rings is 2. The number of carbonyl (C=O) groups excluding carboxylic acids is 1. The molecule has 1 heterocycles. The number of rotatable bonds is 3. The molecule has 1 amide bonds. The molecule has 0 spiro atoms. The number of alkyl halides is 3. The zero-order valence-electron chi connectivity index (χ0n) is 14.5. The molecule has 27 heavy (non-hydrogen) atoms. The van der Waals surface area contributed by atoms with Gasteiger partial charge < -0.3 is 15.2 Å². The van der Waals surface area contributed by atoms with Gasteiger partial charge in [0.05, 0.1) is 28.6 Å². The van der Waals surface area contributed by atoms with Crippen molar-refractivity contribution in [2.75, 3.05) is 17.7 Å². The van der Waals surface area contributed by atoms with Gasteiger partial charge >= 0.3 is 6.18 Å². The molecule has 2 N–H and O–H groups in total. The molecule has 3 aromatic rings. The average Bonchev–Trinajstić information content (AvgIpc) is 2.97. The van der Waals surface area contributed by atoms with Crippen LogP contribution in [0.15, 0.2) is 42.5 Å². The molecular formula is C19H15F3N4O. The minimum absolute atomic E-state index is 0.203. The van der Waals surface area contributed by atoms with E-state index in [1.807, 2.05) is 6.07 Å². The van der Waals surface area contributed by atoms with E-state index in [2.05, 4.69) is 10.6 Å². The monoisotopic (exact) mass is 372 g/mol. The highest BCUT2D eigenvalue weighted by Crippen LogP contribution is 2.32. The Kier molecular flexibility index (Phi) is 4.54. The minimum Gasteiger partial charge on any atom is -0.386 e. The molecule has 0 fully saturated rings. The van der Waals surface area contributed by atoms with E-state index in [0.717, 1.165) is 12.1 Å². The third-order valence-corrected chi connectivity index (χ3v) is 4.27. The van der Waals surface area contributed by atoms with Crippen LogP contribution in [-0.2, 0) is 13.2 Å². The first-order valence-corrected chi connectivity index (χ1v) is 7.94. The predicted octanol–water partition coefficient (Wildman–Crippen LogP) is 4.36. The second-order valence-corrected chi connectivity index (χ2v) is 5.94. The highest BCUT2D eigenvalue weighted by molar-refractivity contribution is 6.07. The number of aryl methyl sites for hydroxylation is 1. The Morgan fingerprint density at radius 3 is 2.48 bits per heavy atom. The van der Waals surface area contributed by atoms with Gasteiger partial charge in [-0.05, 0) is 42.5 Å². The minimum atomic E-state index is -4.45. The van der Waals surface area contributed by atoms with Crippen molar-refractivity contribution >= 4 is 28.2 Å². The predicted molar refractivity (Wildman–Crippen MR) is 96.6 cm³/mol. The fourth-order valence-electron chi connectivity index (χ4n) is 2.87. The molecule has 0 atom stereocenters.